The van der Waals surface area contributed by atoms with Crippen molar-refractivity contribution in [2.45, 2.75) is 23.5 Å². The molecule has 1 aliphatic heterocycles. The highest BCUT2D eigenvalue weighted by molar-refractivity contribution is 7.90. The number of ketones is 1. The van der Waals surface area contributed by atoms with Gasteiger partial charge in [-0.2, -0.15) is 0 Å². The first-order valence-corrected chi connectivity index (χ1v) is 11.5. The lowest BCUT2D eigenvalue weighted by atomic mass is 9.99. The highest BCUT2D eigenvalue weighted by Gasteiger charge is 2.24. The van der Waals surface area contributed by atoms with E-state index in [-0.39, 0.29) is 22.1 Å². The smallest absolute Gasteiger partial charge is 0.374 e. The molecule has 0 aliphatic carbocycles. The second-order valence-corrected chi connectivity index (χ2v) is 9.26. The van der Waals surface area contributed by atoms with E-state index >= 15 is 0 Å². The number of carbonyl (C=O) groups is 3. The first-order valence-electron chi connectivity index (χ1n) is 9.81. The number of fused-ring (bicyclic) bond motifs is 1. The van der Waals surface area contributed by atoms with Gasteiger partial charge in [-0.25, -0.2) is 13.2 Å². The first kappa shape index (κ1) is 21.5. The molecule has 0 spiro atoms. The first-order chi connectivity index (χ1) is 15.3. The second kappa shape index (κ2) is 8.80. The van der Waals surface area contributed by atoms with Crippen LogP contribution in [0.4, 0.5) is 5.69 Å². The number of Topliss-reactive ketones (excluding diaryl/α,β-unsaturated/α-hetero) is 1. The number of amides is 1. The zero-order chi connectivity index (χ0) is 22.7. The molecule has 0 saturated carbocycles. The van der Waals surface area contributed by atoms with Crippen molar-refractivity contribution in [3.8, 4) is 0 Å². The molecule has 1 aromatic heterocycles. The second-order valence-electron chi connectivity index (χ2n) is 7.27. The molecule has 164 valence electrons. The van der Waals surface area contributed by atoms with Gasteiger partial charge in [-0.3, -0.25) is 9.59 Å². The van der Waals surface area contributed by atoms with E-state index in [1.165, 1.54) is 24.5 Å². The summed E-state index contributed by atoms with van der Waals surface area (Å²) in [6.07, 6.45) is 2.06. The van der Waals surface area contributed by atoms with Crippen LogP contribution in [0.15, 0.2) is 70.2 Å². The molecular weight excluding hydrogens is 434 g/mol. The van der Waals surface area contributed by atoms with Crippen LogP contribution < -0.4 is 5.32 Å². The maximum absolute atomic E-state index is 12.6. The topological polar surface area (TPSA) is 120 Å². The molecule has 3 aromatic rings. The Balaban J connectivity index is 1.42. The number of esters is 1. The van der Waals surface area contributed by atoms with Crippen LogP contribution in [-0.2, 0) is 31.5 Å². The van der Waals surface area contributed by atoms with E-state index in [0.29, 0.717) is 24.1 Å². The number of aryl methyl sites for hydroxylation is 1. The minimum atomic E-state index is -3.69. The molecule has 1 N–H and O–H groups in total. The normalized spacial score (nSPS) is 13.2. The number of carbonyl (C=O) groups excluding carboxylic acids is 3. The van der Waals surface area contributed by atoms with Crippen LogP contribution in [0.25, 0.3) is 0 Å². The van der Waals surface area contributed by atoms with Gasteiger partial charge in [0.1, 0.15) is 0 Å². The maximum Gasteiger partial charge on any atom is 0.374 e. The summed E-state index contributed by atoms with van der Waals surface area (Å²) < 4.78 is 35.4. The van der Waals surface area contributed by atoms with E-state index in [0.717, 1.165) is 5.56 Å². The average molecular weight is 453 g/mol. The van der Waals surface area contributed by atoms with Crippen molar-refractivity contribution in [1.82, 2.24) is 0 Å². The van der Waals surface area contributed by atoms with Crippen LogP contribution in [0.3, 0.4) is 0 Å². The van der Waals surface area contributed by atoms with Crippen molar-refractivity contribution in [3.05, 3.63) is 83.3 Å². The largest absolute Gasteiger partial charge is 0.457 e. The fourth-order valence-electron chi connectivity index (χ4n) is 3.38. The Kier molecular flexibility index (Phi) is 5.91. The molecule has 9 heteroatoms. The molecule has 0 unspecified atom stereocenters. The number of hydrogen-bond donors (Lipinski definition) is 1. The Labute approximate surface area is 184 Å². The van der Waals surface area contributed by atoms with Gasteiger partial charge in [-0.1, -0.05) is 18.2 Å². The Morgan fingerprint density at radius 1 is 1.03 bits per heavy atom. The summed E-state index contributed by atoms with van der Waals surface area (Å²) in [7, 11) is -3.69. The van der Waals surface area contributed by atoms with Gasteiger partial charge in [-0.05, 0) is 48.4 Å². The summed E-state index contributed by atoms with van der Waals surface area (Å²) in [6, 6.07) is 14.1. The Morgan fingerprint density at radius 3 is 2.59 bits per heavy atom. The van der Waals surface area contributed by atoms with Gasteiger partial charge < -0.3 is 14.5 Å². The highest BCUT2D eigenvalue weighted by atomic mass is 32.2. The average Bonchev–Trinajstić information content (AvgIpc) is 3.25. The molecule has 4 rings (SSSR count). The van der Waals surface area contributed by atoms with E-state index < -0.39 is 33.9 Å². The Hall–Kier alpha value is -3.72. The summed E-state index contributed by atoms with van der Waals surface area (Å²) in [5.41, 5.74) is 1.99. The number of anilines is 1. The molecule has 1 aliphatic rings. The molecule has 0 radical (unpaired) electrons. The fraction of sp³-hybridized carbons (Fsp3) is 0.174. The number of sulfone groups is 1. The standard InChI is InChI=1S/C23H19NO7S/c25-20(16-6-8-19-15(12-16)7-9-21(26)24-19)13-31-23(27)22-17(10-11-30-22)14-32(28,29)18-4-2-1-3-5-18/h1-6,8,10-12H,7,9,13-14H2,(H,24,26). The van der Waals surface area contributed by atoms with Crippen LogP contribution >= 0.6 is 0 Å². The van der Waals surface area contributed by atoms with E-state index in [2.05, 4.69) is 5.32 Å². The van der Waals surface area contributed by atoms with Gasteiger partial charge in [-0.15, -0.1) is 0 Å². The number of furan rings is 1. The molecule has 0 bridgehead atoms. The van der Waals surface area contributed by atoms with Gasteiger partial charge in [0, 0.05) is 23.2 Å². The van der Waals surface area contributed by atoms with Crippen LogP contribution in [0.2, 0.25) is 0 Å². The predicted molar refractivity (Wildman–Crippen MR) is 114 cm³/mol. The van der Waals surface area contributed by atoms with Crippen LogP contribution in [-0.4, -0.2) is 32.7 Å². The van der Waals surface area contributed by atoms with Gasteiger partial charge >= 0.3 is 5.97 Å². The van der Waals surface area contributed by atoms with Gasteiger partial charge in [0.05, 0.1) is 16.9 Å². The number of rotatable bonds is 7. The zero-order valence-corrected chi connectivity index (χ0v) is 17.7. The van der Waals surface area contributed by atoms with Gasteiger partial charge in [0.15, 0.2) is 22.2 Å². The summed E-state index contributed by atoms with van der Waals surface area (Å²) in [6.45, 7) is -0.532. The van der Waals surface area contributed by atoms with Crippen molar-refractivity contribution in [3.63, 3.8) is 0 Å². The van der Waals surface area contributed by atoms with E-state index in [1.54, 1.807) is 36.4 Å². The van der Waals surface area contributed by atoms with Gasteiger partial charge in [0.25, 0.3) is 0 Å². The zero-order valence-electron chi connectivity index (χ0n) is 16.9. The molecule has 0 saturated heterocycles. The lowest BCUT2D eigenvalue weighted by molar-refractivity contribution is -0.116. The Bertz CT molecular complexity index is 1290. The molecule has 2 aromatic carbocycles. The van der Waals surface area contributed by atoms with Crippen molar-refractivity contribution in [1.29, 1.82) is 0 Å². The third kappa shape index (κ3) is 4.62. The predicted octanol–water partition coefficient (Wildman–Crippen LogP) is 3.18. The van der Waals surface area contributed by atoms with Crippen molar-refractivity contribution in [2.24, 2.45) is 0 Å². The number of nitrogens with one attached hydrogen (secondary N) is 1. The molecule has 0 atom stereocenters. The lowest BCUT2D eigenvalue weighted by Gasteiger charge is -2.17. The maximum atomic E-state index is 12.6. The van der Waals surface area contributed by atoms with Crippen LogP contribution in [0.5, 0.6) is 0 Å². The van der Waals surface area contributed by atoms with Crippen molar-refractivity contribution < 1.29 is 32.0 Å². The minimum absolute atomic E-state index is 0.0750. The molecule has 1 amide bonds. The quantitative estimate of drug-likeness (QED) is 0.431. The third-order valence-electron chi connectivity index (χ3n) is 5.04. The SMILES string of the molecule is O=C1CCc2cc(C(=O)COC(=O)c3occc3CS(=O)(=O)c3ccccc3)ccc2N1. The number of hydrogen-bond acceptors (Lipinski definition) is 7. The number of benzene rings is 2. The Morgan fingerprint density at radius 2 is 1.81 bits per heavy atom. The monoisotopic (exact) mass is 453 g/mol. The lowest BCUT2D eigenvalue weighted by Crippen LogP contribution is -2.20. The molecule has 32 heavy (non-hydrogen) atoms. The van der Waals surface area contributed by atoms with E-state index in [1.807, 2.05) is 0 Å². The van der Waals surface area contributed by atoms with E-state index in [9.17, 15) is 22.8 Å². The van der Waals surface area contributed by atoms with Crippen LogP contribution in [0, 0.1) is 0 Å². The van der Waals surface area contributed by atoms with Crippen LogP contribution in [0.1, 0.15) is 38.5 Å². The third-order valence-corrected chi connectivity index (χ3v) is 6.72. The molecule has 0 fully saturated rings. The molecule has 8 nitrogen and oxygen atoms in total. The van der Waals surface area contributed by atoms with Crippen molar-refractivity contribution in [2.75, 3.05) is 11.9 Å². The van der Waals surface area contributed by atoms with Gasteiger partial charge in [0.2, 0.25) is 11.7 Å². The van der Waals surface area contributed by atoms with E-state index in [4.69, 9.17) is 9.15 Å². The highest BCUT2D eigenvalue weighted by Crippen LogP contribution is 2.24. The van der Waals surface area contributed by atoms with Crippen molar-refractivity contribution >= 4 is 33.2 Å². The number of ether oxygens (including phenoxy) is 1. The fourth-order valence-corrected chi connectivity index (χ4v) is 4.76. The minimum Gasteiger partial charge on any atom is -0.457 e. The summed E-state index contributed by atoms with van der Waals surface area (Å²) in [5.74, 6) is -2.13. The summed E-state index contributed by atoms with van der Waals surface area (Å²) >= 11 is 0. The summed E-state index contributed by atoms with van der Waals surface area (Å²) in [4.78, 5) is 36.5. The molecule has 2 heterocycles. The molecular formula is C23H19NO7S. The summed E-state index contributed by atoms with van der Waals surface area (Å²) in [5, 5.41) is 2.73.